The molecule has 0 fully saturated rings. The van der Waals surface area contributed by atoms with Crippen molar-refractivity contribution in [3.05, 3.63) is 23.8 Å². The van der Waals surface area contributed by atoms with Gasteiger partial charge in [0, 0.05) is 16.4 Å². The van der Waals surface area contributed by atoms with Gasteiger partial charge in [0.15, 0.2) is 0 Å². The monoisotopic (exact) mass is 282 g/mol. The van der Waals surface area contributed by atoms with Crippen molar-refractivity contribution in [3.63, 3.8) is 0 Å². The molecular weight excluding hydrogens is 268 g/mol. The fourth-order valence-electron chi connectivity index (χ4n) is 1.82. The van der Waals surface area contributed by atoms with E-state index in [1.54, 1.807) is 6.33 Å². The predicted octanol–water partition coefficient (Wildman–Crippen LogP) is 2.71. The Labute approximate surface area is 103 Å². The molecule has 0 bridgehead atoms. The molecule has 0 N–H and O–H groups in total. The number of hydrogen-bond donors (Lipinski definition) is 0. The van der Waals surface area contributed by atoms with Crippen LogP contribution in [0, 0.1) is 6.92 Å². The minimum atomic E-state index is 0.385. The van der Waals surface area contributed by atoms with Crippen LogP contribution in [0.5, 0.6) is 0 Å². The summed E-state index contributed by atoms with van der Waals surface area (Å²) in [5.74, 6) is 1.06. The molecule has 4 nitrogen and oxygen atoms in total. The van der Waals surface area contributed by atoms with Crippen LogP contribution in [0.2, 0.25) is 0 Å². The van der Waals surface area contributed by atoms with Crippen molar-refractivity contribution in [2.24, 2.45) is 0 Å². The van der Waals surface area contributed by atoms with Gasteiger partial charge in [-0.3, -0.25) is 0 Å². The van der Waals surface area contributed by atoms with Gasteiger partial charge in [0.05, 0.1) is 5.69 Å². The zero-order chi connectivity index (χ0) is 11.7. The van der Waals surface area contributed by atoms with Crippen LogP contribution in [-0.2, 0) is 0 Å². The molecule has 16 heavy (non-hydrogen) atoms. The van der Waals surface area contributed by atoms with Gasteiger partial charge in [-0.25, -0.2) is 9.50 Å². The third-order valence-corrected chi connectivity index (χ3v) is 4.25. The van der Waals surface area contributed by atoms with E-state index in [0.717, 1.165) is 17.8 Å². The highest BCUT2D eigenvalue weighted by molar-refractivity contribution is 9.09. The number of halogens is 1. The van der Waals surface area contributed by atoms with E-state index >= 15 is 0 Å². The molecule has 0 aromatic carbocycles. The van der Waals surface area contributed by atoms with Gasteiger partial charge in [0.25, 0.3) is 5.78 Å². The fourth-order valence-corrected chi connectivity index (χ4v) is 2.09. The molecule has 0 aliphatic carbocycles. The Morgan fingerprint density at radius 2 is 2.25 bits per heavy atom. The number of alkyl halides is 1. The molecule has 0 radical (unpaired) electrons. The van der Waals surface area contributed by atoms with Crippen LogP contribution in [0.3, 0.4) is 0 Å². The first-order chi connectivity index (χ1) is 7.63. The van der Waals surface area contributed by atoms with Crippen LogP contribution in [-0.4, -0.2) is 24.4 Å². The number of rotatable bonds is 3. The van der Waals surface area contributed by atoms with Gasteiger partial charge in [-0.05, 0) is 19.4 Å². The molecule has 0 aliphatic rings. The highest BCUT2D eigenvalue weighted by atomic mass is 79.9. The number of aryl methyl sites for hydroxylation is 1. The third-order valence-electron chi connectivity index (χ3n) is 2.81. The van der Waals surface area contributed by atoms with E-state index in [1.165, 1.54) is 0 Å². The second-order valence-corrected chi connectivity index (χ2v) is 5.18. The van der Waals surface area contributed by atoms with E-state index < -0.39 is 0 Å². The molecule has 0 saturated carbocycles. The van der Waals surface area contributed by atoms with Crippen LogP contribution in [0.25, 0.3) is 5.78 Å². The van der Waals surface area contributed by atoms with Crippen molar-refractivity contribution in [1.82, 2.24) is 19.6 Å². The minimum Gasteiger partial charge on any atom is -0.216 e. The van der Waals surface area contributed by atoms with Crippen molar-refractivity contribution in [1.29, 1.82) is 0 Å². The maximum Gasteiger partial charge on any atom is 0.252 e. The molecule has 2 aromatic heterocycles. The van der Waals surface area contributed by atoms with Crippen molar-refractivity contribution in [2.75, 3.05) is 0 Å². The molecule has 2 unspecified atom stereocenters. The summed E-state index contributed by atoms with van der Waals surface area (Å²) in [6.45, 7) is 6.35. The molecule has 2 aromatic rings. The molecule has 2 atom stereocenters. The van der Waals surface area contributed by atoms with E-state index in [-0.39, 0.29) is 0 Å². The molecule has 0 saturated heterocycles. The summed E-state index contributed by atoms with van der Waals surface area (Å²) in [5, 5.41) is 4.22. The summed E-state index contributed by atoms with van der Waals surface area (Å²) < 4.78 is 1.82. The lowest BCUT2D eigenvalue weighted by molar-refractivity contribution is 0.645. The van der Waals surface area contributed by atoms with Crippen molar-refractivity contribution in [3.8, 4) is 0 Å². The van der Waals surface area contributed by atoms with Crippen LogP contribution < -0.4 is 0 Å². The normalized spacial score (nSPS) is 15.2. The van der Waals surface area contributed by atoms with E-state index in [0.29, 0.717) is 16.5 Å². The fraction of sp³-hybridized carbons (Fsp3) is 0.545. The van der Waals surface area contributed by atoms with Gasteiger partial charge in [-0.15, -0.1) is 0 Å². The second kappa shape index (κ2) is 4.49. The summed E-state index contributed by atoms with van der Waals surface area (Å²) in [6, 6.07) is 2.08. The average Bonchev–Trinajstić information content (AvgIpc) is 2.73. The lowest BCUT2D eigenvalue weighted by Crippen LogP contribution is -2.13. The van der Waals surface area contributed by atoms with Crippen molar-refractivity contribution >= 4 is 21.7 Å². The van der Waals surface area contributed by atoms with E-state index in [4.69, 9.17) is 0 Å². The Morgan fingerprint density at radius 1 is 1.50 bits per heavy atom. The maximum absolute atomic E-state index is 4.34. The molecule has 5 heteroatoms. The SMILES string of the molecule is CCC(Br)C(C)c1cc(C)nc2ncnn12. The summed E-state index contributed by atoms with van der Waals surface area (Å²) >= 11 is 3.70. The highest BCUT2D eigenvalue weighted by Gasteiger charge is 2.18. The Bertz CT molecular complexity index is 494. The smallest absolute Gasteiger partial charge is 0.216 e. The zero-order valence-electron chi connectivity index (χ0n) is 9.68. The molecule has 0 spiro atoms. The lowest BCUT2D eigenvalue weighted by atomic mass is 10.0. The minimum absolute atomic E-state index is 0.385. The van der Waals surface area contributed by atoms with Gasteiger partial charge in [0.2, 0.25) is 0 Å². The molecule has 2 heterocycles. The quantitative estimate of drug-likeness (QED) is 0.813. The first-order valence-corrected chi connectivity index (χ1v) is 6.36. The zero-order valence-corrected chi connectivity index (χ0v) is 11.3. The second-order valence-electron chi connectivity index (χ2n) is 4.01. The van der Waals surface area contributed by atoms with Crippen LogP contribution in [0.4, 0.5) is 0 Å². The number of nitrogens with zero attached hydrogens (tertiary/aromatic N) is 4. The summed E-state index contributed by atoms with van der Waals surface area (Å²) in [5.41, 5.74) is 2.14. The Balaban J connectivity index is 2.53. The number of hydrogen-bond acceptors (Lipinski definition) is 3. The van der Waals surface area contributed by atoms with Crippen LogP contribution >= 0.6 is 15.9 Å². The first-order valence-electron chi connectivity index (χ1n) is 5.44. The van der Waals surface area contributed by atoms with Crippen LogP contribution in [0.1, 0.15) is 37.6 Å². The van der Waals surface area contributed by atoms with Gasteiger partial charge in [-0.1, -0.05) is 29.8 Å². The number of aromatic nitrogens is 4. The van der Waals surface area contributed by atoms with Gasteiger partial charge < -0.3 is 0 Å². The van der Waals surface area contributed by atoms with Gasteiger partial charge in [-0.2, -0.15) is 10.1 Å². The van der Waals surface area contributed by atoms with Crippen molar-refractivity contribution in [2.45, 2.75) is 37.9 Å². The molecule has 0 aliphatic heterocycles. The molecule has 86 valence electrons. The topological polar surface area (TPSA) is 43.1 Å². The highest BCUT2D eigenvalue weighted by Crippen LogP contribution is 2.26. The van der Waals surface area contributed by atoms with E-state index in [9.17, 15) is 0 Å². The third kappa shape index (κ3) is 1.96. The standard InChI is InChI=1S/C11H15BrN4/c1-4-9(12)8(3)10-5-7(2)15-11-13-6-14-16(10)11/h5-6,8-9H,4H2,1-3H3. The van der Waals surface area contributed by atoms with Gasteiger partial charge >= 0.3 is 0 Å². The Morgan fingerprint density at radius 3 is 2.94 bits per heavy atom. The van der Waals surface area contributed by atoms with E-state index in [1.807, 2.05) is 11.4 Å². The predicted molar refractivity (Wildman–Crippen MR) is 66.9 cm³/mol. The molecule has 2 rings (SSSR count). The van der Waals surface area contributed by atoms with Gasteiger partial charge in [0.1, 0.15) is 6.33 Å². The van der Waals surface area contributed by atoms with E-state index in [2.05, 4.69) is 50.9 Å². The summed E-state index contributed by atoms with van der Waals surface area (Å²) in [4.78, 5) is 8.92. The van der Waals surface area contributed by atoms with Crippen LogP contribution in [0.15, 0.2) is 12.4 Å². The molecular formula is C11H15BrN4. The van der Waals surface area contributed by atoms with Crippen molar-refractivity contribution < 1.29 is 0 Å². The largest absolute Gasteiger partial charge is 0.252 e. The Kier molecular flexibility index (Phi) is 3.23. The molecule has 0 amide bonds. The number of fused-ring (bicyclic) bond motifs is 1. The maximum atomic E-state index is 4.34. The summed E-state index contributed by atoms with van der Waals surface area (Å²) in [7, 11) is 0. The first kappa shape index (κ1) is 11.5. The summed E-state index contributed by atoms with van der Waals surface area (Å²) in [6.07, 6.45) is 2.63. The lowest BCUT2D eigenvalue weighted by Gasteiger charge is -2.17. The Hall–Kier alpha value is -0.970. The average molecular weight is 283 g/mol.